The summed E-state index contributed by atoms with van der Waals surface area (Å²) in [6, 6.07) is 4.53. The van der Waals surface area contributed by atoms with Crippen LogP contribution in [0.5, 0.6) is 0 Å². The average Bonchev–Trinajstić information content (AvgIpc) is 2.94. The minimum Gasteiger partial charge on any atom is -0.375 e. The maximum absolute atomic E-state index is 12.3. The molecule has 1 amide bonds. The molecule has 2 unspecified atom stereocenters. The van der Waals surface area contributed by atoms with Crippen molar-refractivity contribution in [1.82, 2.24) is 10.2 Å². The number of carbonyl (C=O) groups excluding carboxylic acids is 1. The van der Waals surface area contributed by atoms with Crippen LogP contribution >= 0.6 is 11.3 Å². The van der Waals surface area contributed by atoms with Crippen LogP contribution in [0.1, 0.15) is 42.6 Å². The van der Waals surface area contributed by atoms with Crippen LogP contribution in [0.15, 0.2) is 12.1 Å². The highest BCUT2D eigenvalue weighted by Crippen LogP contribution is 2.35. The van der Waals surface area contributed by atoms with Gasteiger partial charge in [-0.3, -0.25) is 10.1 Å². The third-order valence-corrected chi connectivity index (χ3v) is 5.16. The molecule has 0 radical (unpaired) electrons. The quantitative estimate of drug-likeness (QED) is 0.911. The maximum Gasteiger partial charge on any atom is 0.238 e. The molecule has 1 aromatic rings. The Morgan fingerprint density at radius 3 is 2.90 bits per heavy atom. The van der Waals surface area contributed by atoms with Crippen molar-refractivity contribution < 1.29 is 9.53 Å². The first-order valence-electron chi connectivity index (χ1n) is 7.21. The molecule has 2 fully saturated rings. The van der Waals surface area contributed by atoms with Gasteiger partial charge in [0.2, 0.25) is 5.91 Å². The minimum absolute atomic E-state index is 0.0418. The first-order chi connectivity index (χ1) is 9.46. The zero-order valence-corrected chi connectivity index (χ0v) is 13.1. The highest BCUT2D eigenvalue weighted by molar-refractivity contribution is 7.12. The highest BCUT2D eigenvalue weighted by atomic mass is 32.1. The number of carbonyl (C=O) groups is 1. The van der Waals surface area contributed by atoms with Crippen LogP contribution < -0.4 is 5.32 Å². The van der Waals surface area contributed by atoms with E-state index in [2.05, 4.69) is 43.1 Å². The Kier molecular flexibility index (Phi) is 3.60. The van der Waals surface area contributed by atoms with Gasteiger partial charge in [0.1, 0.15) is 6.17 Å². The standard InChI is InChI=1S/C15H22N2O2S/c1-10-4-5-12(20-10)14-16-9-13(18)17(14)11-6-7-19-15(2,3)8-11/h4-5,11,14,16H,6-9H2,1-3H3. The lowest BCUT2D eigenvalue weighted by Gasteiger charge is -2.41. The Balaban J connectivity index is 1.83. The Labute approximate surface area is 124 Å². The van der Waals surface area contributed by atoms with Crippen molar-refractivity contribution in [3.63, 3.8) is 0 Å². The predicted octanol–water partition coefficient (Wildman–Crippen LogP) is 2.44. The van der Waals surface area contributed by atoms with E-state index in [0.717, 1.165) is 19.4 Å². The van der Waals surface area contributed by atoms with Crippen LogP contribution in [-0.2, 0) is 9.53 Å². The normalized spacial score (nSPS) is 29.9. The van der Waals surface area contributed by atoms with E-state index in [1.807, 2.05) is 0 Å². The number of thiophene rings is 1. The summed E-state index contributed by atoms with van der Waals surface area (Å²) in [4.78, 5) is 16.9. The fourth-order valence-corrected chi connectivity index (χ4v) is 4.16. The molecule has 1 N–H and O–H groups in total. The number of rotatable bonds is 2. The number of nitrogens with zero attached hydrogens (tertiary/aromatic N) is 1. The predicted molar refractivity (Wildman–Crippen MR) is 79.7 cm³/mol. The molecule has 20 heavy (non-hydrogen) atoms. The molecule has 0 aromatic carbocycles. The van der Waals surface area contributed by atoms with Crippen LogP contribution in [-0.4, -0.2) is 35.6 Å². The van der Waals surface area contributed by atoms with E-state index in [-0.39, 0.29) is 23.7 Å². The van der Waals surface area contributed by atoms with E-state index >= 15 is 0 Å². The molecular formula is C15H22N2O2S. The molecule has 2 saturated heterocycles. The third kappa shape index (κ3) is 2.62. The number of ether oxygens (including phenoxy) is 1. The monoisotopic (exact) mass is 294 g/mol. The zero-order valence-electron chi connectivity index (χ0n) is 12.3. The van der Waals surface area contributed by atoms with Gasteiger partial charge in [-0.15, -0.1) is 11.3 Å². The van der Waals surface area contributed by atoms with Gasteiger partial charge in [-0.1, -0.05) is 0 Å². The first-order valence-corrected chi connectivity index (χ1v) is 8.03. The second kappa shape index (κ2) is 5.13. The van der Waals surface area contributed by atoms with E-state index in [0.29, 0.717) is 6.54 Å². The molecule has 1 aromatic heterocycles. The Bertz CT molecular complexity index is 512. The van der Waals surface area contributed by atoms with Gasteiger partial charge in [0, 0.05) is 22.4 Å². The van der Waals surface area contributed by atoms with Gasteiger partial charge in [0.05, 0.1) is 12.1 Å². The Morgan fingerprint density at radius 1 is 1.45 bits per heavy atom. The summed E-state index contributed by atoms with van der Waals surface area (Å²) in [5.41, 5.74) is -0.137. The molecule has 3 heterocycles. The molecule has 4 nitrogen and oxygen atoms in total. The summed E-state index contributed by atoms with van der Waals surface area (Å²) >= 11 is 1.77. The molecule has 3 rings (SSSR count). The number of hydrogen-bond donors (Lipinski definition) is 1. The van der Waals surface area contributed by atoms with Gasteiger partial charge in [-0.25, -0.2) is 0 Å². The van der Waals surface area contributed by atoms with E-state index in [1.165, 1.54) is 9.75 Å². The van der Waals surface area contributed by atoms with Crippen molar-refractivity contribution in [2.24, 2.45) is 0 Å². The van der Waals surface area contributed by atoms with Crippen LogP contribution in [0.25, 0.3) is 0 Å². The Morgan fingerprint density at radius 2 is 2.25 bits per heavy atom. The molecule has 0 saturated carbocycles. The molecule has 2 atom stereocenters. The molecular weight excluding hydrogens is 272 g/mol. The largest absolute Gasteiger partial charge is 0.375 e. The summed E-state index contributed by atoms with van der Waals surface area (Å²) in [7, 11) is 0. The van der Waals surface area contributed by atoms with Gasteiger partial charge < -0.3 is 9.64 Å². The third-order valence-electron chi connectivity index (χ3n) is 4.11. The van der Waals surface area contributed by atoms with Crippen molar-refractivity contribution >= 4 is 17.2 Å². The van der Waals surface area contributed by atoms with Crippen molar-refractivity contribution in [1.29, 1.82) is 0 Å². The summed E-state index contributed by atoms with van der Waals surface area (Å²) in [6.07, 6.45) is 1.87. The van der Waals surface area contributed by atoms with Gasteiger partial charge in [0.15, 0.2) is 0 Å². The molecule has 110 valence electrons. The topological polar surface area (TPSA) is 41.6 Å². The zero-order chi connectivity index (χ0) is 14.3. The minimum atomic E-state index is -0.137. The average molecular weight is 294 g/mol. The molecule has 2 aliphatic heterocycles. The summed E-state index contributed by atoms with van der Waals surface area (Å²) < 4.78 is 5.78. The molecule has 0 bridgehead atoms. The molecule has 2 aliphatic rings. The van der Waals surface area contributed by atoms with E-state index in [1.54, 1.807) is 11.3 Å². The number of nitrogens with one attached hydrogen (secondary N) is 1. The van der Waals surface area contributed by atoms with Gasteiger partial charge in [-0.2, -0.15) is 0 Å². The van der Waals surface area contributed by atoms with Crippen molar-refractivity contribution in [2.75, 3.05) is 13.2 Å². The lowest BCUT2D eigenvalue weighted by atomic mass is 9.92. The van der Waals surface area contributed by atoms with Gasteiger partial charge in [-0.05, 0) is 45.7 Å². The van der Waals surface area contributed by atoms with Crippen LogP contribution in [0.4, 0.5) is 0 Å². The summed E-state index contributed by atoms with van der Waals surface area (Å²) in [5, 5.41) is 3.36. The van der Waals surface area contributed by atoms with Crippen molar-refractivity contribution in [3.8, 4) is 0 Å². The highest BCUT2D eigenvalue weighted by Gasteiger charge is 2.41. The van der Waals surface area contributed by atoms with Gasteiger partial charge >= 0.3 is 0 Å². The lowest BCUT2D eigenvalue weighted by Crippen LogP contribution is -2.48. The first kappa shape index (κ1) is 14.0. The van der Waals surface area contributed by atoms with Gasteiger partial charge in [0.25, 0.3) is 0 Å². The number of hydrogen-bond acceptors (Lipinski definition) is 4. The van der Waals surface area contributed by atoms with Crippen LogP contribution in [0.2, 0.25) is 0 Å². The molecule has 0 aliphatic carbocycles. The second-order valence-corrected chi connectivity index (χ2v) is 7.61. The summed E-state index contributed by atoms with van der Waals surface area (Å²) in [6.45, 7) is 7.50. The number of aryl methyl sites for hydroxylation is 1. The van der Waals surface area contributed by atoms with E-state index in [9.17, 15) is 4.79 Å². The fourth-order valence-electron chi connectivity index (χ4n) is 3.21. The number of amides is 1. The Hall–Kier alpha value is -0.910. The van der Waals surface area contributed by atoms with Crippen LogP contribution in [0, 0.1) is 6.92 Å². The van der Waals surface area contributed by atoms with Crippen molar-refractivity contribution in [2.45, 2.75) is 51.4 Å². The molecule has 0 spiro atoms. The van der Waals surface area contributed by atoms with Crippen LogP contribution in [0.3, 0.4) is 0 Å². The lowest BCUT2D eigenvalue weighted by molar-refractivity contribution is -0.137. The second-order valence-electron chi connectivity index (χ2n) is 6.29. The maximum atomic E-state index is 12.3. The summed E-state index contributed by atoms with van der Waals surface area (Å²) in [5.74, 6) is 0.212. The fraction of sp³-hybridized carbons (Fsp3) is 0.667. The smallest absolute Gasteiger partial charge is 0.238 e. The molecule has 5 heteroatoms. The van der Waals surface area contributed by atoms with Crippen molar-refractivity contribution in [3.05, 3.63) is 21.9 Å². The SMILES string of the molecule is Cc1ccc(C2NCC(=O)N2C2CCOC(C)(C)C2)s1. The van der Waals surface area contributed by atoms with E-state index < -0.39 is 0 Å². The van der Waals surface area contributed by atoms with E-state index in [4.69, 9.17) is 4.74 Å².